The number of nitrogens with two attached hydrogens (primary N) is 4. The molecule has 0 saturated carbocycles. The molecule has 16 nitrogen and oxygen atoms in total. The van der Waals surface area contributed by atoms with E-state index < -0.39 is 53.8 Å². The van der Waals surface area contributed by atoms with Gasteiger partial charge in [0.2, 0.25) is 23.6 Å². The standard InChI is InChI=1S/C22H36N10O6/c23-13(9-12-10-27-11-29-12)18(34)30-14(3-1-7-28-22(25)26)19(35)31-15(5-6-17(24)33)20(36)32-8-2-4-16(32)21(37)38/h10-11,13-16H,1-9,23H2,(H2,24,33)(H,27,29)(H,30,34)(H,31,35)(H,37,38)(H4,25,26,28). The zero-order chi connectivity index (χ0) is 28.2. The van der Waals surface area contributed by atoms with Crippen LogP contribution in [0, 0.1) is 0 Å². The monoisotopic (exact) mass is 536 g/mol. The first-order valence-electron chi connectivity index (χ1n) is 12.2. The predicted octanol–water partition coefficient (Wildman–Crippen LogP) is -3.36. The molecule has 0 aromatic carbocycles. The smallest absolute Gasteiger partial charge is 0.326 e. The van der Waals surface area contributed by atoms with E-state index in [2.05, 4.69) is 25.6 Å². The Hall–Kier alpha value is -4.21. The van der Waals surface area contributed by atoms with E-state index in [1.165, 1.54) is 17.4 Å². The summed E-state index contributed by atoms with van der Waals surface area (Å²) in [5, 5.41) is 14.6. The van der Waals surface area contributed by atoms with Crippen LogP contribution in [0.25, 0.3) is 0 Å². The molecule has 1 aliphatic heterocycles. The number of amides is 4. The lowest BCUT2D eigenvalue weighted by Crippen LogP contribution is -2.57. The Morgan fingerprint density at radius 3 is 2.45 bits per heavy atom. The van der Waals surface area contributed by atoms with E-state index in [-0.39, 0.29) is 51.2 Å². The third-order valence-corrected chi connectivity index (χ3v) is 6.02. The number of carboxylic acids is 1. The van der Waals surface area contributed by atoms with Crippen molar-refractivity contribution in [3.8, 4) is 0 Å². The quantitative estimate of drug-likeness (QED) is 0.0626. The molecule has 0 spiro atoms. The summed E-state index contributed by atoms with van der Waals surface area (Å²) in [4.78, 5) is 74.0. The number of aliphatic carboxylic acids is 1. The first-order valence-corrected chi connectivity index (χ1v) is 12.2. The fraction of sp³-hybridized carbons (Fsp3) is 0.591. The van der Waals surface area contributed by atoms with E-state index in [9.17, 15) is 29.1 Å². The predicted molar refractivity (Wildman–Crippen MR) is 135 cm³/mol. The summed E-state index contributed by atoms with van der Waals surface area (Å²) in [6, 6.07) is -4.39. The molecule has 4 unspecified atom stereocenters. The van der Waals surface area contributed by atoms with Gasteiger partial charge in [-0.05, 0) is 32.1 Å². The van der Waals surface area contributed by atoms with E-state index in [0.717, 1.165) is 0 Å². The molecule has 0 radical (unpaired) electrons. The number of aliphatic imine (C=N–C) groups is 1. The van der Waals surface area contributed by atoms with Crippen molar-refractivity contribution in [1.82, 2.24) is 25.5 Å². The number of imidazole rings is 1. The highest BCUT2D eigenvalue weighted by Crippen LogP contribution is 2.20. The fourth-order valence-corrected chi connectivity index (χ4v) is 4.08. The van der Waals surface area contributed by atoms with Crippen LogP contribution >= 0.6 is 0 Å². The highest BCUT2D eigenvalue weighted by atomic mass is 16.4. The number of H-pyrrole nitrogens is 1. The Morgan fingerprint density at radius 2 is 1.84 bits per heavy atom. The number of nitrogens with one attached hydrogen (secondary N) is 3. The molecule has 2 heterocycles. The number of primary amides is 1. The lowest BCUT2D eigenvalue weighted by atomic mass is 10.1. The maximum atomic E-state index is 13.3. The summed E-state index contributed by atoms with van der Waals surface area (Å²) in [6.07, 6.45) is 3.90. The molecule has 1 fully saturated rings. The van der Waals surface area contributed by atoms with Gasteiger partial charge in [0.15, 0.2) is 5.96 Å². The van der Waals surface area contributed by atoms with Crippen LogP contribution in [0.3, 0.4) is 0 Å². The number of hydrogen-bond donors (Lipinski definition) is 8. The van der Waals surface area contributed by atoms with Crippen molar-refractivity contribution in [2.24, 2.45) is 27.9 Å². The zero-order valence-corrected chi connectivity index (χ0v) is 21.0. The lowest BCUT2D eigenvalue weighted by Gasteiger charge is -2.29. The molecule has 4 amide bonds. The number of nitrogens with zero attached hydrogens (tertiary/aromatic N) is 3. The number of aromatic nitrogens is 2. The Bertz CT molecular complexity index is 1010. The van der Waals surface area contributed by atoms with Crippen molar-refractivity contribution in [2.45, 2.75) is 69.1 Å². The van der Waals surface area contributed by atoms with Crippen LogP contribution in [0.1, 0.15) is 44.2 Å². The Balaban J connectivity index is 2.16. The summed E-state index contributed by atoms with van der Waals surface area (Å²) in [5.74, 6) is -3.97. The maximum absolute atomic E-state index is 13.3. The average molecular weight is 537 g/mol. The minimum absolute atomic E-state index is 0.101. The van der Waals surface area contributed by atoms with Gasteiger partial charge in [0.1, 0.15) is 18.1 Å². The molecule has 2 rings (SSSR count). The van der Waals surface area contributed by atoms with Gasteiger partial charge < -0.3 is 48.6 Å². The molecule has 0 aliphatic carbocycles. The second kappa shape index (κ2) is 14.5. The molecule has 210 valence electrons. The largest absolute Gasteiger partial charge is 0.480 e. The van der Waals surface area contributed by atoms with Crippen molar-refractivity contribution < 1.29 is 29.1 Å². The summed E-state index contributed by atoms with van der Waals surface area (Å²) in [6.45, 7) is 0.375. The summed E-state index contributed by atoms with van der Waals surface area (Å²) in [7, 11) is 0. The lowest BCUT2D eigenvalue weighted by molar-refractivity contribution is -0.149. The van der Waals surface area contributed by atoms with Crippen molar-refractivity contribution >= 4 is 35.6 Å². The fourth-order valence-electron chi connectivity index (χ4n) is 4.08. The number of guanidine groups is 1. The first kappa shape index (κ1) is 30.0. The molecular formula is C22H36N10O6. The third-order valence-electron chi connectivity index (χ3n) is 6.02. The Kier molecular flexibility index (Phi) is 11.5. The van der Waals surface area contributed by atoms with Gasteiger partial charge in [-0.1, -0.05) is 0 Å². The van der Waals surface area contributed by atoms with E-state index in [0.29, 0.717) is 18.5 Å². The number of rotatable bonds is 15. The minimum atomic E-state index is -1.23. The molecule has 1 aliphatic rings. The Labute approximate surface area is 219 Å². The molecule has 12 N–H and O–H groups in total. The zero-order valence-electron chi connectivity index (χ0n) is 21.0. The normalized spacial score (nSPS) is 17.2. The van der Waals surface area contributed by atoms with Gasteiger partial charge in [-0.25, -0.2) is 9.78 Å². The highest BCUT2D eigenvalue weighted by Gasteiger charge is 2.38. The van der Waals surface area contributed by atoms with Gasteiger partial charge in [-0.2, -0.15) is 0 Å². The van der Waals surface area contributed by atoms with Crippen LogP contribution in [0.15, 0.2) is 17.5 Å². The van der Waals surface area contributed by atoms with E-state index in [4.69, 9.17) is 22.9 Å². The second-order valence-corrected chi connectivity index (χ2v) is 8.99. The molecule has 4 atom stereocenters. The molecule has 1 aromatic heterocycles. The molecule has 0 bridgehead atoms. The number of hydrogen-bond acceptors (Lipinski definition) is 8. The van der Waals surface area contributed by atoms with Crippen LogP contribution in [-0.2, 0) is 30.4 Å². The second-order valence-electron chi connectivity index (χ2n) is 8.99. The maximum Gasteiger partial charge on any atom is 0.326 e. The highest BCUT2D eigenvalue weighted by molar-refractivity contribution is 5.94. The Morgan fingerprint density at radius 1 is 1.13 bits per heavy atom. The van der Waals surface area contributed by atoms with Crippen molar-refractivity contribution in [3.63, 3.8) is 0 Å². The van der Waals surface area contributed by atoms with Crippen molar-refractivity contribution in [3.05, 3.63) is 18.2 Å². The van der Waals surface area contributed by atoms with Gasteiger partial charge in [-0.15, -0.1) is 0 Å². The topological polar surface area (TPSA) is 278 Å². The minimum Gasteiger partial charge on any atom is -0.480 e. The number of carbonyl (C=O) groups is 5. The van der Waals surface area contributed by atoms with Gasteiger partial charge >= 0.3 is 5.97 Å². The SMILES string of the molecule is NC(=O)CCC(NC(=O)C(CCCN=C(N)N)NC(=O)C(N)Cc1cnc[nH]1)C(=O)N1CCCC1C(=O)O. The van der Waals surface area contributed by atoms with Crippen molar-refractivity contribution in [2.75, 3.05) is 13.1 Å². The summed E-state index contributed by atoms with van der Waals surface area (Å²) in [5.41, 5.74) is 22.5. The van der Waals surface area contributed by atoms with Gasteiger partial charge in [-0.3, -0.25) is 24.2 Å². The number of likely N-dealkylation sites (tertiary alicyclic amines) is 1. The number of carboxylic acid groups (broad SMARTS) is 1. The first-order chi connectivity index (χ1) is 18.0. The molecular weight excluding hydrogens is 500 g/mol. The summed E-state index contributed by atoms with van der Waals surface area (Å²) < 4.78 is 0. The number of carbonyl (C=O) groups excluding carboxylic acids is 4. The van der Waals surface area contributed by atoms with Gasteiger partial charge in [0, 0.05) is 37.8 Å². The van der Waals surface area contributed by atoms with Gasteiger partial charge in [0.25, 0.3) is 0 Å². The van der Waals surface area contributed by atoms with Gasteiger partial charge in [0.05, 0.1) is 12.4 Å². The average Bonchev–Trinajstić information content (AvgIpc) is 3.55. The van der Waals surface area contributed by atoms with E-state index in [1.54, 1.807) is 0 Å². The van der Waals surface area contributed by atoms with Crippen molar-refractivity contribution in [1.29, 1.82) is 0 Å². The molecule has 1 aromatic rings. The molecule has 16 heteroatoms. The van der Waals surface area contributed by atoms with Crippen LogP contribution < -0.4 is 33.6 Å². The van der Waals surface area contributed by atoms with Crippen LogP contribution in [0.2, 0.25) is 0 Å². The van der Waals surface area contributed by atoms with Crippen LogP contribution in [-0.4, -0.2) is 92.8 Å². The molecule has 1 saturated heterocycles. The van der Waals surface area contributed by atoms with Crippen LogP contribution in [0.5, 0.6) is 0 Å². The van der Waals surface area contributed by atoms with Crippen LogP contribution in [0.4, 0.5) is 0 Å². The van der Waals surface area contributed by atoms with E-state index in [1.807, 2.05) is 0 Å². The number of aromatic amines is 1. The van der Waals surface area contributed by atoms with E-state index >= 15 is 0 Å². The summed E-state index contributed by atoms with van der Waals surface area (Å²) >= 11 is 0. The third kappa shape index (κ3) is 9.34. The molecule has 38 heavy (non-hydrogen) atoms.